The first-order valence-electron chi connectivity index (χ1n) is 8.96. The van der Waals surface area contributed by atoms with E-state index in [0.29, 0.717) is 43.4 Å². The maximum absolute atomic E-state index is 13.0. The third-order valence-corrected chi connectivity index (χ3v) is 6.71. The van der Waals surface area contributed by atoms with Gasteiger partial charge in [-0.3, -0.25) is 9.48 Å². The van der Waals surface area contributed by atoms with Crippen molar-refractivity contribution in [3.05, 3.63) is 41.5 Å². The highest BCUT2D eigenvalue weighted by Gasteiger charge is 2.32. The number of anilines is 1. The summed E-state index contributed by atoms with van der Waals surface area (Å²) in [4.78, 5) is 12.3. The van der Waals surface area contributed by atoms with Crippen LogP contribution in [0.15, 0.2) is 29.2 Å². The molecule has 1 saturated heterocycles. The third kappa shape index (κ3) is 4.40. The molecule has 2 heterocycles. The Morgan fingerprint density at radius 3 is 2.50 bits per heavy atom. The smallest absolute Gasteiger partial charge is 0.246 e. The number of halogens is 1. The zero-order valence-electron chi connectivity index (χ0n) is 15.8. The lowest BCUT2D eigenvalue weighted by Gasteiger charge is -2.26. The topological polar surface area (TPSA) is 93.5 Å². The van der Waals surface area contributed by atoms with Crippen LogP contribution in [0.4, 0.5) is 10.1 Å². The lowest BCUT2D eigenvalue weighted by Crippen LogP contribution is -2.41. The fourth-order valence-corrected chi connectivity index (χ4v) is 4.93. The molecule has 1 N–H and O–H groups in total. The van der Waals surface area contributed by atoms with E-state index < -0.39 is 10.0 Å². The molecular weight excluding hydrogens is 387 g/mol. The lowest BCUT2D eigenvalue weighted by atomic mass is 10.3. The summed E-state index contributed by atoms with van der Waals surface area (Å²) in [5, 5.41) is 6.99. The second kappa shape index (κ2) is 8.38. The average Bonchev–Trinajstić information content (AvgIpc) is 2.96. The van der Waals surface area contributed by atoms with Gasteiger partial charge in [-0.1, -0.05) is 0 Å². The Hall–Kier alpha value is -2.30. The van der Waals surface area contributed by atoms with Crippen LogP contribution in [0.5, 0.6) is 0 Å². The standard InChI is InChI=1S/C18H23FN4O4S/c1-13-18(28(25,26)22-9-11-27-12-10-22)14(2)23(21-13)8-7-17(24)20-16-5-3-15(19)4-6-16/h3-6H,7-12H2,1-2H3,(H,20,24). The first-order valence-corrected chi connectivity index (χ1v) is 10.4. The molecule has 152 valence electrons. The minimum Gasteiger partial charge on any atom is -0.379 e. The number of nitrogens with one attached hydrogen (secondary N) is 1. The Morgan fingerprint density at radius 2 is 1.86 bits per heavy atom. The normalized spacial score (nSPS) is 15.5. The zero-order valence-corrected chi connectivity index (χ0v) is 16.6. The second-order valence-electron chi connectivity index (χ2n) is 6.54. The van der Waals surface area contributed by atoms with Gasteiger partial charge in [0.1, 0.15) is 10.7 Å². The van der Waals surface area contributed by atoms with Crippen LogP contribution >= 0.6 is 0 Å². The molecular formula is C18H23FN4O4S. The maximum Gasteiger partial charge on any atom is 0.246 e. The van der Waals surface area contributed by atoms with Crippen LogP contribution in [0.25, 0.3) is 0 Å². The summed E-state index contributed by atoms with van der Waals surface area (Å²) in [5.74, 6) is -0.647. The van der Waals surface area contributed by atoms with Crippen molar-refractivity contribution in [1.29, 1.82) is 0 Å². The molecule has 10 heteroatoms. The van der Waals surface area contributed by atoms with Gasteiger partial charge in [0.2, 0.25) is 15.9 Å². The molecule has 8 nitrogen and oxygen atoms in total. The lowest BCUT2D eigenvalue weighted by molar-refractivity contribution is -0.116. The summed E-state index contributed by atoms with van der Waals surface area (Å²) in [6, 6.07) is 5.48. The average molecular weight is 410 g/mol. The van der Waals surface area contributed by atoms with E-state index in [1.807, 2.05) is 0 Å². The van der Waals surface area contributed by atoms with E-state index in [4.69, 9.17) is 4.74 Å². The Morgan fingerprint density at radius 1 is 1.21 bits per heavy atom. The number of ether oxygens (including phenoxy) is 1. The molecule has 0 bridgehead atoms. The van der Waals surface area contributed by atoms with Crippen molar-refractivity contribution >= 4 is 21.6 Å². The second-order valence-corrected chi connectivity index (χ2v) is 8.42. The number of carbonyl (C=O) groups is 1. The molecule has 0 spiro atoms. The minimum atomic E-state index is -3.66. The monoisotopic (exact) mass is 410 g/mol. The molecule has 0 atom stereocenters. The summed E-state index contributed by atoms with van der Waals surface area (Å²) in [6.07, 6.45) is 0.108. The van der Waals surface area contributed by atoms with Gasteiger partial charge < -0.3 is 10.1 Å². The van der Waals surface area contributed by atoms with Gasteiger partial charge in [-0.05, 0) is 38.1 Å². The van der Waals surface area contributed by atoms with Crippen molar-refractivity contribution in [2.75, 3.05) is 31.6 Å². The van der Waals surface area contributed by atoms with Gasteiger partial charge >= 0.3 is 0 Å². The number of benzene rings is 1. The molecule has 1 amide bonds. The van der Waals surface area contributed by atoms with Crippen molar-refractivity contribution in [3.8, 4) is 0 Å². The number of hydrogen-bond acceptors (Lipinski definition) is 5. The molecule has 0 aliphatic carbocycles. The summed E-state index contributed by atoms with van der Waals surface area (Å²) in [7, 11) is -3.66. The zero-order chi connectivity index (χ0) is 20.3. The summed E-state index contributed by atoms with van der Waals surface area (Å²) < 4.78 is 47.0. The van der Waals surface area contributed by atoms with Crippen molar-refractivity contribution in [3.63, 3.8) is 0 Å². The largest absolute Gasteiger partial charge is 0.379 e. The highest BCUT2D eigenvalue weighted by atomic mass is 32.2. The molecule has 1 aromatic carbocycles. The van der Waals surface area contributed by atoms with Gasteiger partial charge in [-0.15, -0.1) is 0 Å². The molecule has 2 aromatic rings. The molecule has 0 radical (unpaired) electrons. The summed E-state index contributed by atoms with van der Waals surface area (Å²) >= 11 is 0. The number of sulfonamides is 1. The van der Waals surface area contributed by atoms with Crippen LogP contribution in [0.3, 0.4) is 0 Å². The van der Waals surface area contributed by atoms with Gasteiger partial charge in [0.15, 0.2) is 0 Å². The number of aryl methyl sites for hydroxylation is 2. The first kappa shape index (κ1) is 20.4. The fourth-order valence-electron chi connectivity index (χ4n) is 3.15. The van der Waals surface area contributed by atoms with Gasteiger partial charge in [0.05, 0.1) is 31.1 Å². The minimum absolute atomic E-state index is 0.108. The number of aromatic nitrogens is 2. The number of rotatable bonds is 6. The van der Waals surface area contributed by atoms with Crippen LogP contribution in [0.1, 0.15) is 17.8 Å². The van der Waals surface area contributed by atoms with Crippen molar-refractivity contribution in [1.82, 2.24) is 14.1 Å². The maximum atomic E-state index is 13.0. The SMILES string of the molecule is Cc1nn(CCC(=O)Nc2ccc(F)cc2)c(C)c1S(=O)(=O)N1CCOCC1. The van der Waals surface area contributed by atoms with Gasteiger partial charge in [-0.25, -0.2) is 12.8 Å². The van der Waals surface area contributed by atoms with E-state index in [-0.39, 0.29) is 29.6 Å². The van der Waals surface area contributed by atoms with Crippen molar-refractivity contribution in [2.45, 2.75) is 31.7 Å². The molecule has 3 rings (SSSR count). The van der Waals surface area contributed by atoms with Crippen molar-refractivity contribution < 1.29 is 22.3 Å². The third-order valence-electron chi connectivity index (χ3n) is 4.56. The van der Waals surface area contributed by atoms with E-state index in [2.05, 4.69) is 10.4 Å². The first-order chi connectivity index (χ1) is 13.3. The predicted octanol–water partition coefficient (Wildman–Crippen LogP) is 1.69. The Balaban J connectivity index is 1.69. The van der Waals surface area contributed by atoms with Gasteiger partial charge in [-0.2, -0.15) is 9.40 Å². The highest BCUT2D eigenvalue weighted by molar-refractivity contribution is 7.89. The quantitative estimate of drug-likeness (QED) is 0.782. The molecule has 1 aliphatic rings. The van der Waals surface area contributed by atoms with Crippen molar-refractivity contribution in [2.24, 2.45) is 0 Å². The molecule has 1 aromatic heterocycles. The van der Waals surface area contributed by atoms with Crippen LogP contribution in [0, 0.1) is 19.7 Å². The van der Waals surface area contributed by atoms with E-state index in [1.165, 1.54) is 33.3 Å². The van der Waals surface area contributed by atoms with E-state index in [9.17, 15) is 17.6 Å². The Labute approximate surface area is 163 Å². The van der Waals surface area contributed by atoms with Crippen LogP contribution in [-0.2, 0) is 26.1 Å². The number of carbonyl (C=O) groups excluding carboxylic acids is 1. The number of morpholine rings is 1. The number of nitrogens with zero attached hydrogens (tertiary/aromatic N) is 3. The highest BCUT2D eigenvalue weighted by Crippen LogP contribution is 2.24. The summed E-state index contributed by atoms with van der Waals surface area (Å²) in [6.45, 7) is 4.93. The van der Waals surface area contributed by atoms with E-state index in [0.717, 1.165) is 0 Å². The van der Waals surface area contributed by atoms with Crippen LogP contribution in [-0.4, -0.2) is 54.7 Å². The molecule has 28 heavy (non-hydrogen) atoms. The molecule has 0 unspecified atom stereocenters. The van der Waals surface area contributed by atoms with Crippen LogP contribution < -0.4 is 5.32 Å². The number of hydrogen-bond donors (Lipinski definition) is 1. The molecule has 1 fully saturated rings. The Kier molecular flexibility index (Phi) is 6.11. The predicted molar refractivity (Wildman–Crippen MR) is 101 cm³/mol. The van der Waals surface area contributed by atoms with Crippen LogP contribution in [0.2, 0.25) is 0 Å². The molecule has 0 saturated carbocycles. The van der Waals surface area contributed by atoms with Gasteiger partial charge in [0, 0.05) is 25.2 Å². The Bertz CT molecular complexity index is 951. The van der Waals surface area contributed by atoms with E-state index in [1.54, 1.807) is 13.8 Å². The van der Waals surface area contributed by atoms with E-state index >= 15 is 0 Å². The fraction of sp³-hybridized carbons (Fsp3) is 0.444. The van der Waals surface area contributed by atoms with Gasteiger partial charge in [0.25, 0.3) is 0 Å². The summed E-state index contributed by atoms with van der Waals surface area (Å²) in [5.41, 5.74) is 1.40. The molecule has 1 aliphatic heterocycles. The number of amides is 1.